The fourth-order valence-corrected chi connectivity index (χ4v) is 2.56. The summed E-state index contributed by atoms with van der Waals surface area (Å²) >= 11 is 0. The van der Waals surface area contributed by atoms with Gasteiger partial charge >= 0.3 is 0 Å². The van der Waals surface area contributed by atoms with E-state index in [0.717, 1.165) is 32.5 Å². The van der Waals surface area contributed by atoms with Crippen molar-refractivity contribution in [2.45, 2.75) is 37.8 Å². The summed E-state index contributed by atoms with van der Waals surface area (Å²) in [6.07, 6.45) is 2.90. The van der Waals surface area contributed by atoms with Crippen molar-refractivity contribution in [1.82, 2.24) is 10.6 Å². The summed E-state index contributed by atoms with van der Waals surface area (Å²) in [6, 6.07) is 0.369. The molecule has 2 unspecified atom stereocenters. The molecule has 0 aromatic heterocycles. The molecular formula is C12H22N2O3. The standard InChI is InChI=1S/C12H22N2O3/c1-2-13-11(15)8-14-10-3-5-17-12(7-10)4-6-16-9-12/h10,14H,2-9H2,1H3,(H,13,15). The second-order valence-electron chi connectivity index (χ2n) is 4.86. The largest absolute Gasteiger partial charge is 0.378 e. The Kier molecular flexibility index (Phi) is 4.36. The van der Waals surface area contributed by atoms with Crippen molar-refractivity contribution in [3.63, 3.8) is 0 Å². The van der Waals surface area contributed by atoms with Crippen LogP contribution in [0.3, 0.4) is 0 Å². The number of amides is 1. The quantitative estimate of drug-likeness (QED) is 0.731. The minimum atomic E-state index is -0.0862. The first kappa shape index (κ1) is 12.8. The number of ether oxygens (including phenoxy) is 2. The van der Waals surface area contributed by atoms with Crippen LogP contribution in [0.4, 0.5) is 0 Å². The van der Waals surface area contributed by atoms with E-state index in [2.05, 4.69) is 10.6 Å². The molecule has 0 aliphatic carbocycles. The van der Waals surface area contributed by atoms with Gasteiger partial charge < -0.3 is 20.1 Å². The summed E-state index contributed by atoms with van der Waals surface area (Å²) in [7, 11) is 0. The molecule has 2 fully saturated rings. The van der Waals surface area contributed by atoms with E-state index in [4.69, 9.17) is 9.47 Å². The summed E-state index contributed by atoms with van der Waals surface area (Å²) < 4.78 is 11.3. The molecule has 0 saturated carbocycles. The van der Waals surface area contributed by atoms with E-state index in [9.17, 15) is 4.79 Å². The van der Waals surface area contributed by atoms with E-state index in [1.165, 1.54) is 0 Å². The van der Waals surface area contributed by atoms with E-state index >= 15 is 0 Å². The molecule has 1 amide bonds. The van der Waals surface area contributed by atoms with Gasteiger partial charge in [0.25, 0.3) is 0 Å². The molecule has 0 aromatic rings. The van der Waals surface area contributed by atoms with Crippen molar-refractivity contribution < 1.29 is 14.3 Å². The van der Waals surface area contributed by atoms with Crippen LogP contribution in [0.1, 0.15) is 26.2 Å². The highest BCUT2D eigenvalue weighted by atomic mass is 16.6. The minimum Gasteiger partial charge on any atom is -0.378 e. The molecule has 17 heavy (non-hydrogen) atoms. The molecule has 5 heteroatoms. The summed E-state index contributed by atoms with van der Waals surface area (Å²) in [6.45, 7) is 5.27. The average molecular weight is 242 g/mol. The van der Waals surface area contributed by atoms with Crippen LogP contribution in [-0.2, 0) is 14.3 Å². The first-order valence-electron chi connectivity index (χ1n) is 6.46. The summed E-state index contributed by atoms with van der Waals surface area (Å²) in [5, 5.41) is 6.10. The SMILES string of the molecule is CCNC(=O)CNC1CCOC2(CCOC2)C1. The van der Waals surface area contributed by atoms with E-state index in [-0.39, 0.29) is 11.5 Å². The van der Waals surface area contributed by atoms with Crippen LogP contribution in [0, 0.1) is 0 Å². The van der Waals surface area contributed by atoms with Gasteiger partial charge in [-0.2, -0.15) is 0 Å². The first-order chi connectivity index (χ1) is 8.24. The van der Waals surface area contributed by atoms with Gasteiger partial charge in [0.15, 0.2) is 0 Å². The van der Waals surface area contributed by atoms with Gasteiger partial charge in [-0.1, -0.05) is 0 Å². The maximum atomic E-state index is 11.4. The Morgan fingerprint density at radius 1 is 1.47 bits per heavy atom. The van der Waals surface area contributed by atoms with E-state index in [1.807, 2.05) is 6.92 Å². The van der Waals surface area contributed by atoms with Gasteiger partial charge in [0.05, 0.1) is 18.8 Å². The number of hydrogen-bond acceptors (Lipinski definition) is 4. The highest BCUT2D eigenvalue weighted by Crippen LogP contribution is 2.32. The zero-order valence-corrected chi connectivity index (χ0v) is 10.5. The molecule has 0 radical (unpaired) electrons. The number of carbonyl (C=O) groups is 1. The Hall–Kier alpha value is -0.650. The minimum absolute atomic E-state index is 0.0655. The predicted molar refractivity (Wildman–Crippen MR) is 63.8 cm³/mol. The van der Waals surface area contributed by atoms with E-state index in [0.29, 0.717) is 25.7 Å². The first-order valence-corrected chi connectivity index (χ1v) is 6.46. The van der Waals surface area contributed by atoms with Gasteiger partial charge in [0.2, 0.25) is 5.91 Å². The third-order valence-corrected chi connectivity index (χ3v) is 3.49. The Labute approximate surface area is 102 Å². The lowest BCUT2D eigenvalue weighted by molar-refractivity contribution is -0.121. The van der Waals surface area contributed by atoms with Crippen molar-refractivity contribution >= 4 is 5.91 Å². The van der Waals surface area contributed by atoms with Gasteiger partial charge in [-0.3, -0.25) is 4.79 Å². The molecular weight excluding hydrogens is 220 g/mol. The van der Waals surface area contributed by atoms with Gasteiger partial charge in [0, 0.05) is 32.2 Å². The average Bonchev–Trinajstić information content (AvgIpc) is 2.75. The normalized spacial score (nSPS) is 32.9. The summed E-state index contributed by atoms with van der Waals surface area (Å²) in [5.41, 5.74) is -0.0862. The van der Waals surface area contributed by atoms with Crippen molar-refractivity contribution in [2.24, 2.45) is 0 Å². The molecule has 2 aliphatic heterocycles. The third-order valence-electron chi connectivity index (χ3n) is 3.49. The van der Waals surface area contributed by atoms with Crippen molar-refractivity contribution in [2.75, 3.05) is 32.9 Å². The lowest BCUT2D eigenvalue weighted by atomic mass is 9.90. The van der Waals surface area contributed by atoms with Crippen molar-refractivity contribution in [3.05, 3.63) is 0 Å². The zero-order valence-electron chi connectivity index (χ0n) is 10.5. The van der Waals surface area contributed by atoms with Crippen LogP contribution in [0.2, 0.25) is 0 Å². The van der Waals surface area contributed by atoms with Gasteiger partial charge in [-0.25, -0.2) is 0 Å². The van der Waals surface area contributed by atoms with Gasteiger partial charge in [-0.05, 0) is 19.8 Å². The number of nitrogens with one attached hydrogen (secondary N) is 2. The molecule has 2 rings (SSSR count). The van der Waals surface area contributed by atoms with Crippen LogP contribution in [-0.4, -0.2) is 50.5 Å². The third kappa shape index (κ3) is 3.40. The Morgan fingerprint density at radius 3 is 3.06 bits per heavy atom. The molecule has 2 saturated heterocycles. The highest BCUT2D eigenvalue weighted by molar-refractivity contribution is 5.77. The molecule has 2 aliphatic rings. The Balaban J connectivity index is 1.75. The number of carbonyl (C=O) groups excluding carboxylic acids is 1. The zero-order chi connectivity index (χ0) is 12.1. The second-order valence-corrected chi connectivity index (χ2v) is 4.86. The maximum Gasteiger partial charge on any atom is 0.233 e. The Morgan fingerprint density at radius 2 is 2.35 bits per heavy atom. The van der Waals surface area contributed by atoms with Crippen LogP contribution in [0.25, 0.3) is 0 Å². The lowest BCUT2D eigenvalue weighted by Gasteiger charge is -2.37. The topological polar surface area (TPSA) is 59.6 Å². The second kappa shape index (κ2) is 5.80. The van der Waals surface area contributed by atoms with Gasteiger partial charge in [-0.15, -0.1) is 0 Å². The van der Waals surface area contributed by atoms with Gasteiger partial charge in [0.1, 0.15) is 0 Å². The molecule has 2 N–H and O–H groups in total. The molecule has 2 heterocycles. The number of rotatable bonds is 4. The maximum absolute atomic E-state index is 11.4. The van der Waals surface area contributed by atoms with Crippen LogP contribution in [0.15, 0.2) is 0 Å². The fourth-order valence-electron chi connectivity index (χ4n) is 2.56. The molecule has 0 aromatic carbocycles. The molecule has 0 bridgehead atoms. The molecule has 5 nitrogen and oxygen atoms in total. The van der Waals surface area contributed by atoms with Crippen LogP contribution < -0.4 is 10.6 Å². The molecule has 1 spiro atoms. The van der Waals surface area contributed by atoms with Crippen LogP contribution >= 0.6 is 0 Å². The van der Waals surface area contributed by atoms with Crippen molar-refractivity contribution in [3.8, 4) is 0 Å². The van der Waals surface area contributed by atoms with E-state index in [1.54, 1.807) is 0 Å². The molecule has 2 atom stereocenters. The number of hydrogen-bond donors (Lipinski definition) is 2. The fraction of sp³-hybridized carbons (Fsp3) is 0.917. The van der Waals surface area contributed by atoms with Crippen molar-refractivity contribution in [1.29, 1.82) is 0 Å². The number of likely N-dealkylation sites (N-methyl/N-ethyl adjacent to an activating group) is 1. The summed E-state index contributed by atoms with van der Waals surface area (Å²) in [5.74, 6) is 0.0655. The monoisotopic (exact) mass is 242 g/mol. The smallest absolute Gasteiger partial charge is 0.233 e. The lowest BCUT2D eigenvalue weighted by Crippen LogP contribution is -2.49. The highest BCUT2D eigenvalue weighted by Gasteiger charge is 2.40. The van der Waals surface area contributed by atoms with Crippen LogP contribution in [0.5, 0.6) is 0 Å². The summed E-state index contributed by atoms with van der Waals surface area (Å²) in [4.78, 5) is 11.4. The Bertz CT molecular complexity index is 264. The van der Waals surface area contributed by atoms with E-state index < -0.39 is 0 Å². The predicted octanol–water partition coefficient (Wildman–Crippen LogP) is 0.0502. The molecule has 98 valence electrons.